The van der Waals surface area contributed by atoms with E-state index < -0.39 is 0 Å². The highest BCUT2D eigenvalue weighted by atomic mass is 19.1. The van der Waals surface area contributed by atoms with Crippen LogP contribution in [0.5, 0.6) is 5.75 Å². The van der Waals surface area contributed by atoms with Crippen molar-refractivity contribution in [2.24, 2.45) is 5.92 Å². The van der Waals surface area contributed by atoms with Crippen LogP contribution in [0.25, 0.3) is 0 Å². The summed E-state index contributed by atoms with van der Waals surface area (Å²) in [6, 6.07) is 5.79. The Kier molecular flexibility index (Phi) is 5.32. The monoisotopic (exact) mass is 306 g/mol. The Morgan fingerprint density at radius 1 is 1.18 bits per heavy atom. The van der Waals surface area contributed by atoms with Gasteiger partial charge in [0.1, 0.15) is 0 Å². The predicted octanol–water partition coefficient (Wildman–Crippen LogP) is 3.36. The number of hydrogen-bond acceptors (Lipinski definition) is 3. The minimum atomic E-state index is -0.167. The third-order valence-corrected chi connectivity index (χ3v) is 5.17. The maximum atomic E-state index is 14.9. The molecule has 122 valence electrons. The summed E-state index contributed by atoms with van der Waals surface area (Å²) in [5, 5.41) is 3.40. The first-order valence-electron chi connectivity index (χ1n) is 8.58. The summed E-state index contributed by atoms with van der Waals surface area (Å²) >= 11 is 0. The molecule has 0 radical (unpaired) electrons. The second-order valence-electron chi connectivity index (χ2n) is 6.49. The Labute approximate surface area is 132 Å². The summed E-state index contributed by atoms with van der Waals surface area (Å²) in [6.07, 6.45) is 6.31. The van der Waals surface area contributed by atoms with Gasteiger partial charge in [0, 0.05) is 37.8 Å². The summed E-state index contributed by atoms with van der Waals surface area (Å²) in [5.74, 6) is 0.765. The van der Waals surface area contributed by atoms with E-state index in [0.29, 0.717) is 11.7 Å². The van der Waals surface area contributed by atoms with Gasteiger partial charge in [-0.2, -0.15) is 0 Å². The van der Waals surface area contributed by atoms with Crippen LogP contribution in [0.4, 0.5) is 4.39 Å². The fourth-order valence-electron chi connectivity index (χ4n) is 4.07. The smallest absolute Gasteiger partial charge is 0.169 e. The minimum Gasteiger partial charge on any atom is -0.494 e. The SMILES string of the molecule is COc1cccc([C@H](C2CCCCC2)N2CCNCC2)c1F. The zero-order valence-corrected chi connectivity index (χ0v) is 13.5. The average molecular weight is 306 g/mol. The molecule has 4 heteroatoms. The summed E-state index contributed by atoms with van der Waals surface area (Å²) in [5.41, 5.74) is 0.827. The molecule has 1 aliphatic carbocycles. The quantitative estimate of drug-likeness (QED) is 0.923. The number of piperazine rings is 1. The van der Waals surface area contributed by atoms with Crippen LogP contribution in [-0.4, -0.2) is 38.2 Å². The number of hydrogen-bond donors (Lipinski definition) is 1. The zero-order chi connectivity index (χ0) is 15.4. The first kappa shape index (κ1) is 15.8. The normalized spacial score (nSPS) is 22.5. The largest absolute Gasteiger partial charge is 0.494 e. The van der Waals surface area contributed by atoms with Gasteiger partial charge >= 0.3 is 0 Å². The molecule has 3 rings (SSSR count). The summed E-state index contributed by atoms with van der Waals surface area (Å²) < 4.78 is 20.1. The maximum Gasteiger partial charge on any atom is 0.169 e. The molecule has 0 amide bonds. The van der Waals surface area contributed by atoms with Gasteiger partial charge in [0.15, 0.2) is 11.6 Å². The predicted molar refractivity (Wildman–Crippen MR) is 86.7 cm³/mol. The van der Waals surface area contributed by atoms with E-state index in [0.717, 1.165) is 31.7 Å². The molecule has 1 saturated carbocycles. The Morgan fingerprint density at radius 2 is 1.91 bits per heavy atom. The first-order valence-corrected chi connectivity index (χ1v) is 8.58. The molecule has 1 aromatic carbocycles. The van der Waals surface area contributed by atoms with Gasteiger partial charge in [-0.1, -0.05) is 31.4 Å². The van der Waals surface area contributed by atoms with Gasteiger partial charge in [-0.25, -0.2) is 4.39 Å². The molecule has 1 heterocycles. The molecule has 22 heavy (non-hydrogen) atoms. The molecule has 2 aliphatic rings. The molecular formula is C18H27FN2O. The third-order valence-electron chi connectivity index (χ3n) is 5.17. The molecule has 0 bridgehead atoms. The van der Waals surface area contributed by atoms with Gasteiger partial charge < -0.3 is 10.1 Å². The Balaban J connectivity index is 1.93. The van der Waals surface area contributed by atoms with Gasteiger partial charge in [0.25, 0.3) is 0 Å². The average Bonchev–Trinajstić information content (AvgIpc) is 2.59. The lowest BCUT2D eigenvalue weighted by Crippen LogP contribution is -2.47. The van der Waals surface area contributed by atoms with Gasteiger partial charge in [-0.05, 0) is 24.8 Å². The number of benzene rings is 1. The van der Waals surface area contributed by atoms with Crippen LogP contribution < -0.4 is 10.1 Å². The Morgan fingerprint density at radius 3 is 2.59 bits per heavy atom. The summed E-state index contributed by atoms with van der Waals surface area (Å²) in [4.78, 5) is 2.48. The number of rotatable bonds is 4. The van der Waals surface area contributed by atoms with Crippen molar-refractivity contribution in [3.8, 4) is 5.75 Å². The number of ether oxygens (including phenoxy) is 1. The molecular weight excluding hydrogens is 279 g/mol. The lowest BCUT2D eigenvalue weighted by atomic mass is 9.80. The molecule has 3 nitrogen and oxygen atoms in total. The van der Waals surface area contributed by atoms with Crippen LogP contribution >= 0.6 is 0 Å². The molecule has 1 N–H and O–H groups in total. The number of methoxy groups -OCH3 is 1. The van der Waals surface area contributed by atoms with Crippen molar-refractivity contribution in [1.82, 2.24) is 10.2 Å². The highest BCUT2D eigenvalue weighted by Crippen LogP contribution is 2.40. The lowest BCUT2D eigenvalue weighted by Gasteiger charge is -2.41. The van der Waals surface area contributed by atoms with Crippen LogP contribution in [0.2, 0.25) is 0 Å². The van der Waals surface area contributed by atoms with Gasteiger partial charge in [-0.15, -0.1) is 0 Å². The third kappa shape index (κ3) is 3.28. The van der Waals surface area contributed by atoms with Crippen LogP contribution in [0.1, 0.15) is 43.7 Å². The van der Waals surface area contributed by atoms with Crippen molar-refractivity contribution in [2.75, 3.05) is 33.3 Å². The molecule has 1 aromatic rings. The van der Waals surface area contributed by atoms with Crippen LogP contribution in [0, 0.1) is 11.7 Å². The van der Waals surface area contributed by atoms with E-state index in [1.807, 2.05) is 12.1 Å². The molecule has 0 aromatic heterocycles. The second kappa shape index (κ2) is 7.42. The van der Waals surface area contributed by atoms with E-state index >= 15 is 0 Å². The van der Waals surface area contributed by atoms with Crippen LogP contribution in [0.15, 0.2) is 18.2 Å². The molecule has 1 saturated heterocycles. The first-order chi connectivity index (χ1) is 10.8. The van der Waals surface area contributed by atoms with E-state index in [1.165, 1.54) is 32.1 Å². The number of halogens is 1. The van der Waals surface area contributed by atoms with Crippen molar-refractivity contribution < 1.29 is 9.13 Å². The van der Waals surface area contributed by atoms with Crippen molar-refractivity contribution in [1.29, 1.82) is 0 Å². The fourth-order valence-corrected chi connectivity index (χ4v) is 4.07. The molecule has 1 atom stereocenters. The number of nitrogens with zero attached hydrogens (tertiary/aromatic N) is 1. The maximum absolute atomic E-state index is 14.9. The summed E-state index contributed by atoms with van der Waals surface area (Å²) in [7, 11) is 1.54. The van der Waals surface area contributed by atoms with E-state index in [-0.39, 0.29) is 11.9 Å². The molecule has 0 spiro atoms. The zero-order valence-electron chi connectivity index (χ0n) is 13.5. The van der Waals surface area contributed by atoms with Gasteiger partial charge in [0.05, 0.1) is 7.11 Å². The van der Waals surface area contributed by atoms with Crippen LogP contribution in [-0.2, 0) is 0 Å². The molecule has 2 fully saturated rings. The summed E-state index contributed by atoms with van der Waals surface area (Å²) in [6.45, 7) is 3.99. The Hall–Kier alpha value is -1.13. The lowest BCUT2D eigenvalue weighted by molar-refractivity contribution is 0.100. The standard InChI is InChI=1S/C18H27FN2O/c1-22-16-9-5-8-15(17(16)19)18(14-6-3-2-4-7-14)21-12-10-20-11-13-21/h5,8-9,14,18,20H,2-4,6-7,10-13H2,1H3/t18-/m0/s1. The molecule has 0 unspecified atom stereocenters. The second-order valence-corrected chi connectivity index (χ2v) is 6.49. The van der Waals surface area contributed by atoms with E-state index in [9.17, 15) is 4.39 Å². The van der Waals surface area contributed by atoms with E-state index in [2.05, 4.69) is 10.2 Å². The van der Waals surface area contributed by atoms with Crippen molar-refractivity contribution in [3.05, 3.63) is 29.6 Å². The van der Waals surface area contributed by atoms with Crippen LogP contribution in [0.3, 0.4) is 0 Å². The minimum absolute atomic E-state index is 0.167. The van der Waals surface area contributed by atoms with Crippen molar-refractivity contribution in [3.63, 3.8) is 0 Å². The van der Waals surface area contributed by atoms with E-state index in [1.54, 1.807) is 13.2 Å². The highest BCUT2D eigenvalue weighted by molar-refractivity contribution is 5.33. The fraction of sp³-hybridized carbons (Fsp3) is 0.667. The molecule has 1 aliphatic heterocycles. The topological polar surface area (TPSA) is 24.5 Å². The highest BCUT2D eigenvalue weighted by Gasteiger charge is 2.33. The Bertz CT molecular complexity index is 464. The van der Waals surface area contributed by atoms with E-state index in [4.69, 9.17) is 4.74 Å². The number of nitrogens with one attached hydrogen (secondary N) is 1. The van der Waals surface area contributed by atoms with Crippen molar-refractivity contribution in [2.45, 2.75) is 38.1 Å². The van der Waals surface area contributed by atoms with Crippen molar-refractivity contribution >= 4 is 0 Å². The van der Waals surface area contributed by atoms with Gasteiger partial charge in [-0.3, -0.25) is 4.90 Å². The van der Waals surface area contributed by atoms with Gasteiger partial charge in [0.2, 0.25) is 0 Å².